The molecule has 242 valence electrons. The molecule has 11 heteroatoms. The van der Waals surface area contributed by atoms with Crippen molar-refractivity contribution in [1.29, 1.82) is 0 Å². The zero-order chi connectivity index (χ0) is 32.6. The highest BCUT2D eigenvalue weighted by molar-refractivity contribution is 7.92. The van der Waals surface area contributed by atoms with Gasteiger partial charge in [-0.25, -0.2) is 8.42 Å². The molecule has 0 heterocycles. The van der Waals surface area contributed by atoms with Gasteiger partial charge in [0.2, 0.25) is 11.8 Å². The van der Waals surface area contributed by atoms with Gasteiger partial charge < -0.3 is 15.0 Å². The average Bonchev–Trinajstić information content (AvgIpc) is 3.02. The van der Waals surface area contributed by atoms with Gasteiger partial charge in [0.15, 0.2) is 0 Å². The van der Waals surface area contributed by atoms with Crippen LogP contribution in [-0.4, -0.2) is 50.4 Å². The Labute approximate surface area is 276 Å². The number of para-hydroxylation sites is 2. The molecule has 4 rings (SSSR count). The molecule has 1 aliphatic carbocycles. The molecular formula is C34H41Cl2N3O5S. The maximum absolute atomic E-state index is 14.5. The Morgan fingerprint density at radius 1 is 0.933 bits per heavy atom. The Hall–Kier alpha value is -3.27. The summed E-state index contributed by atoms with van der Waals surface area (Å²) >= 11 is 13.1. The zero-order valence-corrected chi connectivity index (χ0v) is 28.3. The van der Waals surface area contributed by atoms with E-state index in [4.69, 9.17) is 27.9 Å². The molecule has 0 unspecified atom stereocenters. The summed E-state index contributed by atoms with van der Waals surface area (Å²) in [5.74, 6) is -0.562. The molecule has 0 saturated heterocycles. The van der Waals surface area contributed by atoms with Gasteiger partial charge in [0.1, 0.15) is 18.3 Å². The third-order valence-electron chi connectivity index (χ3n) is 8.05. The topological polar surface area (TPSA) is 96.0 Å². The summed E-state index contributed by atoms with van der Waals surface area (Å²) in [5, 5.41) is 3.82. The number of carbonyl (C=O) groups excluding carboxylic acids is 2. The molecule has 1 saturated carbocycles. The highest BCUT2D eigenvalue weighted by atomic mass is 35.5. The van der Waals surface area contributed by atoms with Crippen molar-refractivity contribution in [3.8, 4) is 5.75 Å². The lowest BCUT2D eigenvalue weighted by molar-refractivity contribution is -0.140. The third kappa shape index (κ3) is 8.51. The van der Waals surface area contributed by atoms with Crippen LogP contribution in [0, 0.1) is 6.92 Å². The number of hydrogen-bond acceptors (Lipinski definition) is 5. The smallest absolute Gasteiger partial charge is 0.264 e. The van der Waals surface area contributed by atoms with Crippen molar-refractivity contribution in [3.05, 3.63) is 87.9 Å². The number of hydrogen-bond donors (Lipinski definition) is 1. The molecule has 0 bridgehead atoms. The summed E-state index contributed by atoms with van der Waals surface area (Å²) < 4.78 is 35.3. The van der Waals surface area contributed by atoms with Gasteiger partial charge in [-0.15, -0.1) is 0 Å². The van der Waals surface area contributed by atoms with E-state index in [9.17, 15) is 18.0 Å². The standard InChI is InChI=1S/C34H41Cl2N3O5S/c1-4-30(34(41)37-25-12-7-6-8-13-25)38(22-27-28(35)14-11-15-29(27)36)33(40)23-39(31-16-9-10-17-32(31)44-5-2)45(42,43)26-20-18-24(3)19-21-26/h9-11,14-21,25,30H,4-8,12-13,22-23H2,1-3H3,(H,37,41)/t30-/m1/s1. The van der Waals surface area contributed by atoms with E-state index in [0.29, 0.717) is 34.4 Å². The predicted molar refractivity (Wildman–Crippen MR) is 179 cm³/mol. The number of amides is 2. The number of aryl methyl sites for hydroxylation is 1. The molecule has 0 radical (unpaired) electrons. The van der Waals surface area contributed by atoms with Crippen molar-refractivity contribution in [2.75, 3.05) is 17.5 Å². The van der Waals surface area contributed by atoms with E-state index in [2.05, 4.69) is 5.32 Å². The van der Waals surface area contributed by atoms with Gasteiger partial charge in [0.25, 0.3) is 10.0 Å². The molecule has 45 heavy (non-hydrogen) atoms. The number of benzene rings is 3. The van der Waals surface area contributed by atoms with Crippen LogP contribution in [0.15, 0.2) is 71.6 Å². The molecule has 3 aromatic rings. The van der Waals surface area contributed by atoms with E-state index in [-0.39, 0.29) is 29.1 Å². The molecule has 3 aromatic carbocycles. The monoisotopic (exact) mass is 673 g/mol. The highest BCUT2D eigenvalue weighted by Crippen LogP contribution is 2.34. The summed E-state index contributed by atoms with van der Waals surface area (Å²) in [5.41, 5.74) is 1.58. The summed E-state index contributed by atoms with van der Waals surface area (Å²) in [4.78, 5) is 29.7. The maximum Gasteiger partial charge on any atom is 0.264 e. The number of rotatable bonds is 13. The minimum absolute atomic E-state index is 0.0231. The van der Waals surface area contributed by atoms with Crippen molar-refractivity contribution >= 4 is 50.7 Å². The molecule has 0 spiro atoms. The second kappa shape index (κ2) is 15.8. The Morgan fingerprint density at radius 3 is 2.20 bits per heavy atom. The lowest BCUT2D eigenvalue weighted by atomic mass is 9.95. The van der Waals surface area contributed by atoms with E-state index >= 15 is 0 Å². The van der Waals surface area contributed by atoms with E-state index in [1.807, 2.05) is 13.8 Å². The van der Waals surface area contributed by atoms with Crippen molar-refractivity contribution in [2.45, 2.75) is 82.8 Å². The van der Waals surface area contributed by atoms with Crippen LogP contribution in [0.3, 0.4) is 0 Å². The van der Waals surface area contributed by atoms with Crippen LogP contribution in [0.25, 0.3) is 0 Å². The predicted octanol–water partition coefficient (Wildman–Crippen LogP) is 7.15. The van der Waals surface area contributed by atoms with Gasteiger partial charge in [-0.2, -0.15) is 0 Å². The second-order valence-electron chi connectivity index (χ2n) is 11.2. The van der Waals surface area contributed by atoms with Crippen molar-refractivity contribution in [2.24, 2.45) is 0 Å². The number of anilines is 1. The quantitative estimate of drug-likeness (QED) is 0.208. The molecule has 0 aliphatic heterocycles. The molecule has 1 aliphatic rings. The van der Waals surface area contributed by atoms with E-state index in [1.54, 1.807) is 61.5 Å². The molecule has 0 aromatic heterocycles. The molecular weight excluding hydrogens is 633 g/mol. The van der Waals surface area contributed by atoms with Crippen LogP contribution >= 0.6 is 23.2 Å². The van der Waals surface area contributed by atoms with Gasteiger partial charge in [-0.05, 0) is 69.5 Å². The number of sulfonamides is 1. The number of nitrogens with one attached hydrogen (secondary N) is 1. The minimum atomic E-state index is -4.25. The number of halogens is 2. The van der Waals surface area contributed by atoms with Crippen LogP contribution in [0.2, 0.25) is 10.0 Å². The zero-order valence-electron chi connectivity index (χ0n) is 26.0. The fraction of sp³-hybridized carbons (Fsp3) is 0.412. The van der Waals surface area contributed by atoms with Gasteiger partial charge in [-0.3, -0.25) is 13.9 Å². The van der Waals surface area contributed by atoms with Gasteiger partial charge in [0, 0.05) is 28.2 Å². The number of ether oxygens (including phenoxy) is 1. The van der Waals surface area contributed by atoms with Crippen molar-refractivity contribution in [1.82, 2.24) is 10.2 Å². The number of carbonyl (C=O) groups is 2. The first kappa shape index (κ1) is 34.6. The highest BCUT2D eigenvalue weighted by Gasteiger charge is 2.36. The maximum atomic E-state index is 14.5. The molecule has 1 atom stereocenters. The van der Waals surface area contributed by atoms with Crippen LogP contribution in [-0.2, 0) is 26.2 Å². The van der Waals surface area contributed by atoms with Gasteiger partial charge >= 0.3 is 0 Å². The van der Waals surface area contributed by atoms with Crippen LogP contribution < -0.4 is 14.4 Å². The third-order valence-corrected chi connectivity index (χ3v) is 10.5. The Bertz CT molecular complexity index is 1560. The SMILES string of the molecule is CCOc1ccccc1N(CC(=O)N(Cc1c(Cl)cccc1Cl)[C@H](CC)C(=O)NC1CCCCC1)S(=O)(=O)c1ccc(C)cc1. The van der Waals surface area contributed by atoms with Crippen molar-refractivity contribution < 1.29 is 22.7 Å². The van der Waals surface area contributed by atoms with E-state index < -0.39 is 28.5 Å². The normalized spacial score (nSPS) is 14.4. The van der Waals surface area contributed by atoms with E-state index in [0.717, 1.165) is 42.0 Å². The molecule has 1 fully saturated rings. The summed E-state index contributed by atoms with van der Waals surface area (Å²) in [7, 11) is -4.25. The van der Waals surface area contributed by atoms with E-state index in [1.165, 1.54) is 17.0 Å². The second-order valence-corrected chi connectivity index (χ2v) is 13.9. The van der Waals surface area contributed by atoms with Crippen LogP contribution in [0.4, 0.5) is 5.69 Å². The largest absolute Gasteiger partial charge is 0.492 e. The average molecular weight is 675 g/mol. The first-order valence-corrected chi connectivity index (χ1v) is 17.6. The molecule has 2 amide bonds. The minimum Gasteiger partial charge on any atom is -0.492 e. The van der Waals surface area contributed by atoms with Crippen LogP contribution in [0.5, 0.6) is 5.75 Å². The van der Waals surface area contributed by atoms with Crippen LogP contribution in [0.1, 0.15) is 63.5 Å². The first-order chi connectivity index (χ1) is 21.6. The molecule has 1 N–H and O–H groups in total. The summed E-state index contributed by atoms with van der Waals surface area (Å²) in [6, 6.07) is 17.3. The fourth-order valence-corrected chi connectivity index (χ4v) is 7.55. The Kier molecular flexibility index (Phi) is 12.2. The fourth-order valence-electron chi connectivity index (χ4n) is 5.61. The Balaban J connectivity index is 1.78. The summed E-state index contributed by atoms with van der Waals surface area (Å²) in [6.45, 7) is 5.11. The van der Waals surface area contributed by atoms with Crippen molar-refractivity contribution in [3.63, 3.8) is 0 Å². The summed E-state index contributed by atoms with van der Waals surface area (Å²) in [6.07, 6.45) is 5.25. The first-order valence-electron chi connectivity index (χ1n) is 15.4. The molecule has 8 nitrogen and oxygen atoms in total. The lowest BCUT2D eigenvalue weighted by Crippen LogP contribution is -2.54. The number of nitrogens with zero attached hydrogens (tertiary/aromatic N) is 2. The lowest BCUT2D eigenvalue weighted by Gasteiger charge is -2.35. The Morgan fingerprint density at radius 2 is 1.58 bits per heavy atom. The van der Waals surface area contributed by atoms with Gasteiger partial charge in [-0.1, -0.05) is 85.3 Å². The van der Waals surface area contributed by atoms with Gasteiger partial charge in [0.05, 0.1) is 17.2 Å².